The van der Waals surface area contributed by atoms with E-state index in [1.807, 2.05) is 19.9 Å². The standard InChI is InChI=1S/C23H24Cl2N2O4/c1-13(2)11-31-22(28)20-14(3)26-23(29)27-21(20)15-6-4-7-16(10-15)30-12-17-18(24)8-5-9-19(17)25/h4-10,13,21H,11-12H2,1-3H3,(H2,26,27,29). The van der Waals surface area contributed by atoms with Gasteiger partial charge in [-0.25, -0.2) is 9.59 Å². The number of nitrogens with one attached hydrogen (secondary N) is 2. The van der Waals surface area contributed by atoms with Crippen molar-refractivity contribution in [3.05, 3.63) is 74.9 Å². The number of ether oxygens (including phenoxy) is 2. The molecule has 0 aliphatic carbocycles. The van der Waals surface area contributed by atoms with E-state index in [1.54, 1.807) is 43.3 Å². The maximum Gasteiger partial charge on any atom is 0.338 e. The minimum absolute atomic E-state index is 0.179. The van der Waals surface area contributed by atoms with Crippen molar-refractivity contribution in [2.75, 3.05) is 6.61 Å². The van der Waals surface area contributed by atoms with Crippen LogP contribution in [0.15, 0.2) is 53.7 Å². The second-order valence-electron chi connectivity index (χ2n) is 7.62. The molecule has 1 aliphatic rings. The molecular weight excluding hydrogens is 439 g/mol. The lowest BCUT2D eigenvalue weighted by Gasteiger charge is -2.28. The Bertz CT molecular complexity index is 1000. The van der Waals surface area contributed by atoms with Gasteiger partial charge in [0.05, 0.1) is 18.2 Å². The van der Waals surface area contributed by atoms with E-state index in [0.717, 1.165) is 0 Å². The number of amides is 2. The van der Waals surface area contributed by atoms with Gasteiger partial charge in [0.1, 0.15) is 12.4 Å². The minimum atomic E-state index is -0.666. The van der Waals surface area contributed by atoms with Gasteiger partial charge in [0.15, 0.2) is 0 Å². The molecule has 2 aromatic rings. The molecule has 0 radical (unpaired) electrons. The molecule has 0 bridgehead atoms. The fourth-order valence-electron chi connectivity index (χ4n) is 3.14. The van der Waals surface area contributed by atoms with Crippen LogP contribution < -0.4 is 15.4 Å². The van der Waals surface area contributed by atoms with Crippen molar-refractivity contribution in [2.45, 2.75) is 33.4 Å². The summed E-state index contributed by atoms with van der Waals surface area (Å²) in [5.74, 6) is 0.273. The van der Waals surface area contributed by atoms with Gasteiger partial charge in [0, 0.05) is 21.3 Å². The molecule has 0 spiro atoms. The molecule has 8 heteroatoms. The van der Waals surface area contributed by atoms with Crippen molar-refractivity contribution >= 4 is 35.2 Å². The van der Waals surface area contributed by atoms with Gasteiger partial charge in [0.2, 0.25) is 0 Å². The Labute approximate surface area is 191 Å². The van der Waals surface area contributed by atoms with Gasteiger partial charge >= 0.3 is 12.0 Å². The Morgan fingerprint density at radius 2 is 1.81 bits per heavy atom. The third kappa shape index (κ3) is 5.71. The molecule has 0 saturated heterocycles. The zero-order valence-electron chi connectivity index (χ0n) is 17.5. The van der Waals surface area contributed by atoms with Crippen LogP contribution in [0.1, 0.15) is 37.9 Å². The van der Waals surface area contributed by atoms with Crippen LogP contribution in [0.2, 0.25) is 10.0 Å². The maximum atomic E-state index is 12.7. The molecule has 2 aromatic carbocycles. The molecule has 2 amide bonds. The summed E-state index contributed by atoms with van der Waals surface area (Å²) >= 11 is 12.4. The normalized spacial score (nSPS) is 16.1. The molecule has 31 heavy (non-hydrogen) atoms. The lowest BCUT2D eigenvalue weighted by molar-refractivity contribution is -0.140. The number of benzene rings is 2. The van der Waals surface area contributed by atoms with Crippen LogP contribution in [-0.2, 0) is 16.1 Å². The second kappa shape index (κ2) is 10.1. The molecule has 1 unspecified atom stereocenters. The zero-order chi connectivity index (χ0) is 22.5. The highest BCUT2D eigenvalue weighted by atomic mass is 35.5. The topological polar surface area (TPSA) is 76.7 Å². The number of hydrogen-bond acceptors (Lipinski definition) is 4. The smallest absolute Gasteiger partial charge is 0.338 e. The SMILES string of the molecule is CC1=C(C(=O)OCC(C)C)C(c2cccc(OCc3c(Cl)cccc3Cl)c2)NC(=O)N1. The molecule has 1 heterocycles. The van der Waals surface area contributed by atoms with Crippen molar-refractivity contribution in [1.29, 1.82) is 0 Å². The molecule has 1 aliphatic heterocycles. The average Bonchev–Trinajstić information content (AvgIpc) is 2.71. The molecular formula is C23H24Cl2N2O4. The largest absolute Gasteiger partial charge is 0.489 e. The lowest BCUT2D eigenvalue weighted by Crippen LogP contribution is -2.45. The number of hydrogen-bond donors (Lipinski definition) is 2. The van der Waals surface area contributed by atoms with Crippen LogP contribution in [0.4, 0.5) is 4.79 Å². The molecule has 1 atom stereocenters. The number of halogens is 2. The van der Waals surface area contributed by atoms with Gasteiger partial charge in [-0.15, -0.1) is 0 Å². The molecule has 0 fully saturated rings. The van der Waals surface area contributed by atoms with Crippen LogP contribution in [0.25, 0.3) is 0 Å². The van der Waals surface area contributed by atoms with Gasteiger partial charge < -0.3 is 20.1 Å². The molecule has 0 aromatic heterocycles. The first kappa shape index (κ1) is 23.0. The highest BCUT2D eigenvalue weighted by Crippen LogP contribution is 2.31. The molecule has 6 nitrogen and oxygen atoms in total. The first-order valence-electron chi connectivity index (χ1n) is 9.87. The zero-order valence-corrected chi connectivity index (χ0v) is 19.0. The van der Waals surface area contributed by atoms with Crippen molar-refractivity contribution in [3.63, 3.8) is 0 Å². The quantitative estimate of drug-likeness (QED) is 0.540. The van der Waals surface area contributed by atoms with Crippen molar-refractivity contribution in [3.8, 4) is 5.75 Å². The van der Waals surface area contributed by atoms with E-state index in [9.17, 15) is 9.59 Å². The summed E-state index contributed by atoms with van der Waals surface area (Å²) in [5, 5.41) is 6.47. The van der Waals surface area contributed by atoms with E-state index in [1.165, 1.54) is 0 Å². The Kier molecular flexibility index (Phi) is 7.46. The predicted molar refractivity (Wildman–Crippen MR) is 120 cm³/mol. The van der Waals surface area contributed by atoms with E-state index >= 15 is 0 Å². The van der Waals surface area contributed by atoms with Crippen LogP contribution >= 0.6 is 23.2 Å². The summed E-state index contributed by atoms with van der Waals surface area (Å²) in [6, 6.07) is 11.4. The fraction of sp³-hybridized carbons (Fsp3) is 0.304. The monoisotopic (exact) mass is 462 g/mol. The van der Waals surface area contributed by atoms with Crippen molar-refractivity contribution in [1.82, 2.24) is 10.6 Å². The van der Waals surface area contributed by atoms with E-state index in [4.69, 9.17) is 32.7 Å². The third-order valence-corrected chi connectivity index (χ3v) is 5.38. The van der Waals surface area contributed by atoms with Crippen molar-refractivity contribution < 1.29 is 19.1 Å². The van der Waals surface area contributed by atoms with Gasteiger partial charge in [-0.05, 0) is 42.7 Å². The summed E-state index contributed by atoms with van der Waals surface area (Å²) in [5.41, 5.74) is 2.18. The van der Waals surface area contributed by atoms with Gasteiger partial charge in [0.25, 0.3) is 0 Å². The fourth-order valence-corrected chi connectivity index (χ4v) is 3.65. The number of carbonyl (C=O) groups excluding carboxylic acids is 2. The van der Waals surface area contributed by atoms with E-state index in [-0.39, 0.29) is 19.1 Å². The van der Waals surface area contributed by atoms with Gasteiger partial charge in [-0.2, -0.15) is 0 Å². The summed E-state index contributed by atoms with van der Waals surface area (Å²) in [6.45, 7) is 6.06. The number of allylic oxidation sites excluding steroid dienone is 1. The average molecular weight is 463 g/mol. The Balaban J connectivity index is 1.84. The Hall–Kier alpha value is -2.70. The van der Waals surface area contributed by atoms with E-state index in [0.29, 0.717) is 38.2 Å². The third-order valence-electron chi connectivity index (χ3n) is 4.67. The molecule has 0 saturated carbocycles. The van der Waals surface area contributed by atoms with Crippen LogP contribution in [0.3, 0.4) is 0 Å². The number of carbonyl (C=O) groups is 2. The highest BCUT2D eigenvalue weighted by Gasteiger charge is 2.32. The lowest BCUT2D eigenvalue weighted by atomic mass is 9.95. The van der Waals surface area contributed by atoms with Crippen LogP contribution in [-0.4, -0.2) is 18.6 Å². The van der Waals surface area contributed by atoms with Gasteiger partial charge in [-0.1, -0.05) is 55.2 Å². The van der Waals surface area contributed by atoms with Crippen LogP contribution in [0, 0.1) is 5.92 Å². The summed E-state index contributed by atoms with van der Waals surface area (Å²) in [4.78, 5) is 24.8. The Morgan fingerprint density at radius 3 is 2.48 bits per heavy atom. The molecule has 3 rings (SSSR count). The number of rotatable bonds is 7. The van der Waals surface area contributed by atoms with Gasteiger partial charge in [-0.3, -0.25) is 0 Å². The number of esters is 1. The minimum Gasteiger partial charge on any atom is -0.489 e. The highest BCUT2D eigenvalue weighted by molar-refractivity contribution is 6.35. The van der Waals surface area contributed by atoms with Crippen molar-refractivity contribution in [2.24, 2.45) is 5.92 Å². The summed E-state index contributed by atoms with van der Waals surface area (Å²) < 4.78 is 11.3. The number of urea groups is 1. The first-order chi connectivity index (χ1) is 14.8. The first-order valence-corrected chi connectivity index (χ1v) is 10.6. The molecule has 2 N–H and O–H groups in total. The predicted octanol–water partition coefficient (Wildman–Crippen LogP) is 5.40. The van der Waals surface area contributed by atoms with Crippen LogP contribution in [0.5, 0.6) is 5.75 Å². The maximum absolute atomic E-state index is 12.7. The van der Waals surface area contributed by atoms with E-state index in [2.05, 4.69) is 10.6 Å². The van der Waals surface area contributed by atoms with E-state index < -0.39 is 18.0 Å². The second-order valence-corrected chi connectivity index (χ2v) is 8.44. The molecule has 164 valence electrons. The summed E-state index contributed by atoms with van der Waals surface area (Å²) in [7, 11) is 0. The summed E-state index contributed by atoms with van der Waals surface area (Å²) in [6.07, 6.45) is 0. The Morgan fingerprint density at radius 1 is 1.13 bits per heavy atom.